The number of fused-ring (bicyclic) bond motifs is 1. The monoisotopic (exact) mass is 425 g/mol. The van der Waals surface area contributed by atoms with Crippen molar-refractivity contribution in [3.05, 3.63) is 53.1 Å². The number of imidazole rings is 1. The van der Waals surface area contributed by atoms with Gasteiger partial charge in [-0.05, 0) is 61.6 Å². The van der Waals surface area contributed by atoms with E-state index >= 15 is 4.39 Å². The third-order valence-corrected chi connectivity index (χ3v) is 7.39. The Kier molecular flexibility index (Phi) is 5.58. The number of phenols is 1. The fourth-order valence-electron chi connectivity index (χ4n) is 5.58. The minimum Gasteiger partial charge on any atom is -0.508 e. The van der Waals surface area contributed by atoms with E-state index in [-0.39, 0.29) is 29.7 Å². The summed E-state index contributed by atoms with van der Waals surface area (Å²) in [5.74, 6) is 1.14. The molecule has 1 aliphatic carbocycles. The molecule has 2 aliphatic heterocycles. The van der Waals surface area contributed by atoms with Crippen LogP contribution in [-0.4, -0.2) is 52.3 Å². The van der Waals surface area contributed by atoms with Gasteiger partial charge in [-0.1, -0.05) is 19.1 Å². The summed E-state index contributed by atoms with van der Waals surface area (Å²) in [5, 5.41) is 9.82. The average Bonchev–Trinajstić information content (AvgIpc) is 3.42. The summed E-state index contributed by atoms with van der Waals surface area (Å²) in [6, 6.07) is 5.09. The van der Waals surface area contributed by atoms with E-state index in [0.29, 0.717) is 0 Å². The van der Waals surface area contributed by atoms with Gasteiger partial charge in [0.25, 0.3) is 0 Å². The summed E-state index contributed by atoms with van der Waals surface area (Å²) in [5.41, 5.74) is 11.0. The first-order valence-corrected chi connectivity index (χ1v) is 11.4. The highest BCUT2D eigenvalue weighted by molar-refractivity contribution is 5.63. The summed E-state index contributed by atoms with van der Waals surface area (Å²) < 4.78 is 15.7. The summed E-state index contributed by atoms with van der Waals surface area (Å²) in [4.78, 5) is 10.5. The molecule has 31 heavy (non-hydrogen) atoms. The molecule has 0 bridgehead atoms. The second kappa shape index (κ2) is 8.37. The maximum absolute atomic E-state index is 15.7. The van der Waals surface area contributed by atoms with E-state index in [1.54, 1.807) is 12.1 Å². The molecule has 2 aromatic rings. The molecule has 7 heteroatoms. The summed E-state index contributed by atoms with van der Waals surface area (Å²) in [6.45, 7) is 4.06. The van der Waals surface area contributed by atoms with Crippen molar-refractivity contribution in [1.82, 2.24) is 25.7 Å². The quantitative estimate of drug-likeness (QED) is 0.604. The van der Waals surface area contributed by atoms with Gasteiger partial charge in [0.2, 0.25) is 0 Å². The Morgan fingerprint density at radius 3 is 2.90 bits per heavy atom. The molecule has 2 fully saturated rings. The average molecular weight is 426 g/mol. The molecule has 1 saturated heterocycles. The molecule has 5 unspecified atom stereocenters. The van der Waals surface area contributed by atoms with Crippen LogP contribution in [0.4, 0.5) is 4.39 Å². The number of nitrogens with one attached hydrogen (secondary N) is 3. The lowest BCUT2D eigenvalue weighted by Gasteiger charge is -2.36. The highest BCUT2D eigenvalue weighted by Gasteiger charge is 2.48. The molecule has 0 spiro atoms. The van der Waals surface area contributed by atoms with Crippen LogP contribution in [0.25, 0.3) is 5.57 Å². The number of aromatic amines is 1. The van der Waals surface area contributed by atoms with Crippen molar-refractivity contribution in [3.8, 4) is 5.75 Å². The summed E-state index contributed by atoms with van der Waals surface area (Å²) >= 11 is 0. The number of rotatable bonds is 4. The number of hydrazine groups is 1. The minimum atomic E-state index is -0.989. The number of hydrogen-bond acceptors (Lipinski definition) is 5. The van der Waals surface area contributed by atoms with E-state index in [1.165, 1.54) is 5.57 Å². The Balaban J connectivity index is 1.33. The number of phenolic OH excluding ortho intramolecular Hbond substituents is 1. The number of benzene rings is 1. The number of nitrogens with zero attached hydrogens (tertiary/aromatic N) is 2. The third-order valence-electron chi connectivity index (χ3n) is 7.39. The van der Waals surface area contributed by atoms with Crippen LogP contribution in [0, 0.1) is 5.92 Å². The minimum absolute atomic E-state index is 0.0183. The van der Waals surface area contributed by atoms with Crippen LogP contribution < -0.4 is 10.9 Å². The van der Waals surface area contributed by atoms with Gasteiger partial charge in [0.1, 0.15) is 17.7 Å². The van der Waals surface area contributed by atoms with E-state index in [2.05, 4.69) is 45.8 Å². The molecule has 6 nitrogen and oxygen atoms in total. The molecule has 4 N–H and O–H groups in total. The topological polar surface area (TPSA) is 76.2 Å². The van der Waals surface area contributed by atoms with Crippen LogP contribution in [0.2, 0.25) is 0 Å². The van der Waals surface area contributed by atoms with Crippen LogP contribution in [-0.2, 0) is 6.42 Å². The molecule has 1 saturated carbocycles. The number of likely N-dealkylation sites (N-methyl/N-ethyl adjacent to an activating group) is 1. The van der Waals surface area contributed by atoms with Gasteiger partial charge in [0, 0.05) is 24.9 Å². The van der Waals surface area contributed by atoms with Crippen molar-refractivity contribution in [2.75, 3.05) is 20.1 Å². The SMILES string of the molecule is CCc1cc(O)ccc1C1CCC2C(c3ncc(C4=CCN(C)CC4)[nH]3)NNC2C1F. The Morgan fingerprint density at radius 1 is 1.26 bits per heavy atom. The maximum Gasteiger partial charge on any atom is 0.125 e. The van der Waals surface area contributed by atoms with Gasteiger partial charge in [-0.3, -0.25) is 5.43 Å². The summed E-state index contributed by atoms with van der Waals surface area (Å²) in [6.07, 6.45) is 6.72. The molecule has 5 atom stereocenters. The van der Waals surface area contributed by atoms with E-state index in [1.807, 2.05) is 12.3 Å². The van der Waals surface area contributed by atoms with Crippen LogP contribution in [0.5, 0.6) is 5.75 Å². The number of H-pyrrole nitrogens is 1. The number of aryl methyl sites for hydroxylation is 1. The first-order valence-electron chi connectivity index (χ1n) is 11.4. The zero-order chi connectivity index (χ0) is 21.5. The third kappa shape index (κ3) is 3.79. The normalized spacial score (nSPS) is 31.5. The maximum atomic E-state index is 15.7. The number of hydrogen-bond donors (Lipinski definition) is 4. The number of alkyl halides is 1. The van der Waals surface area contributed by atoms with E-state index in [4.69, 9.17) is 0 Å². The number of aromatic nitrogens is 2. The highest BCUT2D eigenvalue weighted by Crippen LogP contribution is 2.45. The molecule has 166 valence electrons. The smallest absolute Gasteiger partial charge is 0.125 e. The van der Waals surface area contributed by atoms with E-state index in [9.17, 15) is 5.11 Å². The highest BCUT2D eigenvalue weighted by atomic mass is 19.1. The van der Waals surface area contributed by atoms with Crippen molar-refractivity contribution in [2.24, 2.45) is 5.92 Å². The Hall–Kier alpha value is -2.22. The lowest BCUT2D eigenvalue weighted by molar-refractivity contribution is 0.135. The fourth-order valence-corrected chi connectivity index (χ4v) is 5.58. The predicted molar refractivity (Wildman–Crippen MR) is 119 cm³/mol. The molecule has 3 heterocycles. The summed E-state index contributed by atoms with van der Waals surface area (Å²) in [7, 11) is 2.13. The van der Waals surface area contributed by atoms with Crippen LogP contribution in [0.15, 0.2) is 30.5 Å². The van der Waals surface area contributed by atoms with Crippen molar-refractivity contribution >= 4 is 5.57 Å². The van der Waals surface area contributed by atoms with Gasteiger partial charge >= 0.3 is 0 Å². The molecule has 5 rings (SSSR count). The molecular weight excluding hydrogens is 393 g/mol. The molecule has 1 aromatic heterocycles. The second-order valence-electron chi connectivity index (χ2n) is 9.24. The Labute approximate surface area is 182 Å². The van der Waals surface area contributed by atoms with Crippen LogP contribution in [0.3, 0.4) is 0 Å². The lowest BCUT2D eigenvalue weighted by Crippen LogP contribution is -2.45. The molecular formula is C24H32FN5O. The first-order chi connectivity index (χ1) is 15.0. The molecule has 3 aliphatic rings. The predicted octanol–water partition coefficient (Wildman–Crippen LogP) is 3.45. The number of halogens is 1. The standard InChI is InChI=1S/C24H32FN5O/c1-3-14-12-16(31)4-5-17(14)18-6-7-19-22(21(18)25)28-29-23(19)24-26-13-20(27-24)15-8-10-30(2)11-9-15/h4-5,8,12-13,18-19,21-23,28-29,31H,3,6-7,9-11H2,1-2H3,(H,26,27). The van der Waals surface area contributed by atoms with Gasteiger partial charge in [-0.25, -0.2) is 14.8 Å². The van der Waals surface area contributed by atoms with Crippen molar-refractivity contribution in [1.29, 1.82) is 0 Å². The van der Waals surface area contributed by atoms with Gasteiger partial charge in [-0.2, -0.15) is 0 Å². The Morgan fingerprint density at radius 2 is 2.13 bits per heavy atom. The van der Waals surface area contributed by atoms with Crippen molar-refractivity contribution < 1.29 is 9.50 Å². The van der Waals surface area contributed by atoms with Gasteiger partial charge in [0.15, 0.2) is 0 Å². The van der Waals surface area contributed by atoms with E-state index in [0.717, 1.165) is 61.4 Å². The van der Waals surface area contributed by atoms with Crippen molar-refractivity contribution in [3.63, 3.8) is 0 Å². The van der Waals surface area contributed by atoms with E-state index < -0.39 is 6.17 Å². The lowest BCUT2D eigenvalue weighted by atomic mass is 9.71. The van der Waals surface area contributed by atoms with Gasteiger partial charge in [-0.15, -0.1) is 0 Å². The van der Waals surface area contributed by atoms with Crippen LogP contribution in [0.1, 0.15) is 60.8 Å². The van der Waals surface area contributed by atoms with Gasteiger partial charge < -0.3 is 15.0 Å². The van der Waals surface area contributed by atoms with Crippen LogP contribution >= 0.6 is 0 Å². The zero-order valence-corrected chi connectivity index (χ0v) is 18.2. The molecule has 1 aromatic carbocycles. The molecule has 0 amide bonds. The Bertz CT molecular complexity index is 973. The molecule has 0 radical (unpaired) electrons. The fraction of sp³-hybridized carbons (Fsp3) is 0.542. The largest absolute Gasteiger partial charge is 0.508 e. The van der Waals surface area contributed by atoms with Crippen molar-refractivity contribution in [2.45, 2.75) is 56.8 Å². The zero-order valence-electron chi connectivity index (χ0n) is 18.2. The number of aromatic hydroxyl groups is 1. The van der Waals surface area contributed by atoms with Gasteiger partial charge in [0.05, 0.1) is 24.0 Å². The first kappa shape index (κ1) is 20.7. The second-order valence-corrected chi connectivity index (χ2v) is 9.24.